The van der Waals surface area contributed by atoms with Gasteiger partial charge in [0.1, 0.15) is 5.82 Å². The Hall–Kier alpha value is -2.86. The number of aromatic nitrogens is 1. The number of rotatable bonds is 3. The number of benzene rings is 2. The summed E-state index contributed by atoms with van der Waals surface area (Å²) in [5.41, 5.74) is 3.65. The van der Waals surface area contributed by atoms with E-state index in [1.54, 1.807) is 12.3 Å². The van der Waals surface area contributed by atoms with E-state index in [-0.39, 0.29) is 11.7 Å². The third-order valence-electron chi connectivity index (χ3n) is 5.17. The zero-order valence-corrected chi connectivity index (χ0v) is 15.5. The minimum Gasteiger partial charge on any atom is -0.494 e. The van der Waals surface area contributed by atoms with Crippen molar-refractivity contribution in [1.82, 2.24) is 9.88 Å². The number of hydrogen-bond acceptors (Lipinski definition) is 4. The molecule has 0 bridgehead atoms. The molecule has 1 saturated heterocycles. The van der Waals surface area contributed by atoms with Gasteiger partial charge in [0, 0.05) is 49.4 Å². The maximum absolute atomic E-state index is 14.6. The first-order valence-corrected chi connectivity index (χ1v) is 9.10. The van der Waals surface area contributed by atoms with Crippen LogP contribution in [0.3, 0.4) is 0 Å². The average Bonchev–Trinajstić information content (AvgIpc) is 2.97. The Labute approximate surface area is 157 Å². The number of piperazine rings is 1. The first-order valence-electron chi connectivity index (χ1n) is 9.10. The molecule has 0 amide bonds. The number of likely N-dealkylation sites (N-methyl/N-ethyl adjacent to an activating group) is 1. The molecule has 0 unspecified atom stereocenters. The summed E-state index contributed by atoms with van der Waals surface area (Å²) in [6, 6.07) is 10.9. The number of anilines is 1. The van der Waals surface area contributed by atoms with E-state index in [0.717, 1.165) is 42.6 Å². The van der Waals surface area contributed by atoms with E-state index in [0.29, 0.717) is 16.9 Å². The van der Waals surface area contributed by atoms with Crippen molar-refractivity contribution in [2.75, 3.05) is 38.1 Å². The summed E-state index contributed by atoms with van der Waals surface area (Å²) in [4.78, 5) is 11.6. The summed E-state index contributed by atoms with van der Waals surface area (Å²) in [5, 5.41) is 11.1. The van der Waals surface area contributed by atoms with Gasteiger partial charge in [-0.25, -0.2) is 4.39 Å². The van der Waals surface area contributed by atoms with Crippen LogP contribution in [0.15, 0.2) is 41.4 Å². The largest absolute Gasteiger partial charge is 0.494 e. The van der Waals surface area contributed by atoms with Gasteiger partial charge in [0.15, 0.2) is 5.88 Å². The molecule has 3 aromatic rings. The van der Waals surface area contributed by atoms with Crippen LogP contribution in [0.25, 0.3) is 10.9 Å². The number of aliphatic imine (C=N–C) groups is 1. The van der Waals surface area contributed by atoms with E-state index in [1.807, 2.05) is 31.2 Å². The quantitative estimate of drug-likeness (QED) is 0.693. The Balaban J connectivity index is 1.60. The lowest BCUT2D eigenvalue weighted by atomic mass is 10.1. The molecule has 0 atom stereocenters. The maximum atomic E-state index is 14.6. The molecule has 5 nitrogen and oxygen atoms in total. The van der Waals surface area contributed by atoms with Gasteiger partial charge >= 0.3 is 0 Å². The Morgan fingerprint density at radius 2 is 1.93 bits per heavy atom. The van der Waals surface area contributed by atoms with Crippen molar-refractivity contribution >= 4 is 28.5 Å². The molecule has 1 aliphatic rings. The van der Waals surface area contributed by atoms with Gasteiger partial charge in [0.25, 0.3) is 0 Å². The Bertz CT molecular complexity index is 1000. The van der Waals surface area contributed by atoms with Crippen molar-refractivity contribution < 1.29 is 9.50 Å². The fraction of sp³-hybridized carbons (Fsp3) is 0.286. The van der Waals surface area contributed by atoms with Crippen molar-refractivity contribution in [1.29, 1.82) is 0 Å². The first-order chi connectivity index (χ1) is 13.0. The number of aryl methyl sites for hydroxylation is 1. The van der Waals surface area contributed by atoms with Gasteiger partial charge in [-0.2, -0.15) is 0 Å². The third kappa shape index (κ3) is 3.40. The van der Waals surface area contributed by atoms with E-state index in [1.165, 1.54) is 6.07 Å². The van der Waals surface area contributed by atoms with Crippen LogP contribution in [0.1, 0.15) is 11.1 Å². The van der Waals surface area contributed by atoms with Gasteiger partial charge in [-0.3, -0.25) is 4.99 Å². The summed E-state index contributed by atoms with van der Waals surface area (Å²) in [6.45, 7) is 5.48. The lowest BCUT2D eigenvalue weighted by Crippen LogP contribution is -2.44. The number of fused-ring (bicyclic) bond motifs is 1. The van der Waals surface area contributed by atoms with Crippen LogP contribution in [-0.4, -0.2) is 54.4 Å². The van der Waals surface area contributed by atoms with E-state index >= 15 is 0 Å². The predicted molar refractivity (Wildman–Crippen MR) is 108 cm³/mol. The highest BCUT2D eigenvalue weighted by Gasteiger charge is 2.17. The molecule has 0 radical (unpaired) electrons. The molecule has 1 fully saturated rings. The summed E-state index contributed by atoms with van der Waals surface area (Å²) >= 11 is 0. The second-order valence-electron chi connectivity index (χ2n) is 7.07. The topological polar surface area (TPSA) is 54.9 Å². The molecule has 6 heteroatoms. The second kappa shape index (κ2) is 7.04. The molecule has 140 valence electrons. The first kappa shape index (κ1) is 17.5. The van der Waals surface area contributed by atoms with Gasteiger partial charge < -0.3 is 19.9 Å². The lowest BCUT2D eigenvalue weighted by Gasteiger charge is -2.34. The van der Waals surface area contributed by atoms with Gasteiger partial charge in [-0.1, -0.05) is 12.1 Å². The van der Waals surface area contributed by atoms with E-state index in [4.69, 9.17) is 0 Å². The van der Waals surface area contributed by atoms with E-state index < -0.39 is 0 Å². The van der Waals surface area contributed by atoms with Gasteiger partial charge in [0.2, 0.25) is 0 Å². The fourth-order valence-corrected chi connectivity index (χ4v) is 3.59. The number of nitrogens with one attached hydrogen (secondary N) is 1. The Morgan fingerprint density at radius 3 is 2.67 bits per heavy atom. The van der Waals surface area contributed by atoms with E-state index in [9.17, 15) is 9.50 Å². The number of aromatic amines is 1. The second-order valence-corrected chi connectivity index (χ2v) is 7.07. The fourth-order valence-electron chi connectivity index (χ4n) is 3.59. The number of halogens is 1. The molecule has 4 rings (SSSR count). The summed E-state index contributed by atoms with van der Waals surface area (Å²) in [6.07, 6.45) is 1.59. The lowest BCUT2D eigenvalue weighted by molar-refractivity contribution is 0.311. The van der Waals surface area contributed by atoms with Crippen LogP contribution >= 0.6 is 0 Å². The summed E-state index contributed by atoms with van der Waals surface area (Å²) in [7, 11) is 2.08. The van der Waals surface area contributed by atoms with Crippen LogP contribution < -0.4 is 4.90 Å². The molecule has 2 aromatic carbocycles. The van der Waals surface area contributed by atoms with Gasteiger partial charge in [-0.05, 0) is 37.7 Å². The molecule has 2 heterocycles. The highest BCUT2D eigenvalue weighted by Crippen LogP contribution is 2.30. The van der Waals surface area contributed by atoms with Crippen LogP contribution in [0.5, 0.6) is 5.88 Å². The number of nitrogens with zero attached hydrogens (tertiary/aromatic N) is 3. The van der Waals surface area contributed by atoms with Crippen molar-refractivity contribution in [2.24, 2.45) is 4.99 Å². The number of H-pyrrole nitrogens is 1. The normalized spacial score (nSPS) is 15.9. The standard InChI is InChI=1S/C21H23FN4O/c1-14-4-3-5-18-20(14)16(21(27)24-18)13-23-15-6-7-19(17(22)12-15)26-10-8-25(2)9-11-26/h3-7,12-13,24,27H,8-11H2,1-2H3. The highest BCUT2D eigenvalue weighted by molar-refractivity contribution is 6.04. The van der Waals surface area contributed by atoms with Crippen LogP contribution in [0.4, 0.5) is 15.8 Å². The Kier molecular flexibility index (Phi) is 4.58. The van der Waals surface area contributed by atoms with Crippen LogP contribution in [0, 0.1) is 12.7 Å². The monoisotopic (exact) mass is 366 g/mol. The van der Waals surface area contributed by atoms with Crippen LogP contribution in [0.2, 0.25) is 0 Å². The predicted octanol–water partition coefficient (Wildman–Crippen LogP) is 3.82. The zero-order valence-electron chi connectivity index (χ0n) is 15.5. The van der Waals surface area contributed by atoms with Crippen molar-refractivity contribution in [3.8, 4) is 5.88 Å². The minimum absolute atomic E-state index is 0.0672. The van der Waals surface area contributed by atoms with Gasteiger partial charge in [-0.15, -0.1) is 0 Å². The zero-order chi connectivity index (χ0) is 19.0. The highest BCUT2D eigenvalue weighted by atomic mass is 19.1. The molecule has 1 aromatic heterocycles. The van der Waals surface area contributed by atoms with Crippen molar-refractivity contribution in [3.63, 3.8) is 0 Å². The van der Waals surface area contributed by atoms with Gasteiger partial charge in [0.05, 0.1) is 16.9 Å². The average molecular weight is 366 g/mol. The van der Waals surface area contributed by atoms with Crippen molar-refractivity contribution in [2.45, 2.75) is 6.92 Å². The summed E-state index contributed by atoms with van der Waals surface area (Å²) in [5.74, 6) is -0.203. The smallest absolute Gasteiger partial charge is 0.198 e. The minimum atomic E-state index is -0.270. The molecule has 0 aliphatic carbocycles. The van der Waals surface area contributed by atoms with E-state index in [2.05, 4.69) is 26.8 Å². The molecular weight excluding hydrogens is 343 g/mol. The molecular formula is C21H23FN4O. The molecule has 0 saturated carbocycles. The maximum Gasteiger partial charge on any atom is 0.198 e. The molecule has 2 N–H and O–H groups in total. The van der Waals surface area contributed by atoms with Crippen molar-refractivity contribution in [3.05, 3.63) is 53.3 Å². The molecule has 1 aliphatic heterocycles. The third-order valence-corrected chi connectivity index (χ3v) is 5.17. The summed E-state index contributed by atoms with van der Waals surface area (Å²) < 4.78 is 14.6. The number of aromatic hydroxyl groups is 1. The Morgan fingerprint density at radius 1 is 1.15 bits per heavy atom. The molecule has 27 heavy (non-hydrogen) atoms. The SMILES string of the molecule is Cc1cccc2[nH]c(O)c(C=Nc3ccc(N4CCN(C)CC4)c(F)c3)c12. The van der Waals surface area contributed by atoms with Crippen LogP contribution in [-0.2, 0) is 0 Å². The number of hydrogen-bond donors (Lipinski definition) is 2. The molecule has 0 spiro atoms.